The Balaban J connectivity index is 1.62. The number of aromatic amines is 1. The summed E-state index contributed by atoms with van der Waals surface area (Å²) in [6.07, 6.45) is 2.97. The van der Waals surface area contributed by atoms with Crippen molar-refractivity contribution < 1.29 is 9.47 Å². The first-order chi connectivity index (χ1) is 10.6. The second kappa shape index (κ2) is 4.89. The summed E-state index contributed by atoms with van der Waals surface area (Å²) in [6.45, 7) is 2.61. The second-order valence-electron chi connectivity index (χ2n) is 5.60. The SMILES string of the molecule is Cc1cn([C@H]2C[C@@H]3OCc4cnnn4C[C@H]3O2)c(=O)[nH]c1=O. The van der Waals surface area contributed by atoms with Crippen LogP contribution in [0.4, 0.5) is 0 Å². The first kappa shape index (κ1) is 13.4. The fourth-order valence-corrected chi connectivity index (χ4v) is 2.92. The number of ether oxygens (including phenoxy) is 2. The van der Waals surface area contributed by atoms with Crippen molar-refractivity contribution in [3.8, 4) is 0 Å². The van der Waals surface area contributed by atoms with Crippen LogP contribution in [0.25, 0.3) is 0 Å². The van der Waals surface area contributed by atoms with Crippen molar-refractivity contribution in [3.63, 3.8) is 0 Å². The van der Waals surface area contributed by atoms with E-state index in [0.29, 0.717) is 25.1 Å². The highest BCUT2D eigenvalue weighted by atomic mass is 16.6. The van der Waals surface area contributed by atoms with Crippen LogP contribution in [0.1, 0.15) is 23.9 Å². The number of aromatic nitrogens is 5. The number of fused-ring (bicyclic) bond motifs is 2. The molecule has 0 radical (unpaired) electrons. The Bertz CT molecular complexity index is 822. The molecule has 2 aliphatic heterocycles. The minimum Gasteiger partial charge on any atom is -0.369 e. The minimum absolute atomic E-state index is 0.120. The van der Waals surface area contributed by atoms with E-state index in [4.69, 9.17) is 9.47 Å². The maximum atomic E-state index is 12.0. The molecule has 0 spiro atoms. The van der Waals surface area contributed by atoms with Crippen molar-refractivity contribution in [2.45, 2.75) is 44.9 Å². The number of rotatable bonds is 1. The first-order valence-corrected chi connectivity index (χ1v) is 7.08. The molecule has 9 heteroatoms. The molecule has 22 heavy (non-hydrogen) atoms. The van der Waals surface area contributed by atoms with Gasteiger partial charge in [-0.3, -0.25) is 14.3 Å². The number of hydrogen-bond acceptors (Lipinski definition) is 6. The summed E-state index contributed by atoms with van der Waals surface area (Å²) in [7, 11) is 0. The molecule has 4 heterocycles. The highest BCUT2D eigenvalue weighted by Crippen LogP contribution is 2.32. The molecule has 0 amide bonds. The van der Waals surface area contributed by atoms with Crippen LogP contribution in [0, 0.1) is 6.92 Å². The fourth-order valence-electron chi connectivity index (χ4n) is 2.92. The lowest BCUT2D eigenvalue weighted by molar-refractivity contribution is -0.0427. The summed E-state index contributed by atoms with van der Waals surface area (Å²) >= 11 is 0. The molecule has 0 aromatic carbocycles. The van der Waals surface area contributed by atoms with Gasteiger partial charge in [-0.25, -0.2) is 9.48 Å². The summed E-state index contributed by atoms with van der Waals surface area (Å²) in [5.41, 5.74) is 0.525. The molecule has 2 aliphatic rings. The third-order valence-corrected chi connectivity index (χ3v) is 4.13. The standard InChI is InChI=1S/C13H15N5O4/c1-7-4-17(13(20)15-12(7)19)11-2-9-10(22-11)5-18-8(6-21-9)3-14-16-18/h3-4,9-11H,2,5-6H2,1H3,(H,15,19,20)/t9-,10+,11+/m0/s1. The molecule has 0 aliphatic carbocycles. The van der Waals surface area contributed by atoms with Gasteiger partial charge in [0.25, 0.3) is 5.56 Å². The molecule has 4 rings (SSSR count). The smallest absolute Gasteiger partial charge is 0.330 e. The average molecular weight is 305 g/mol. The van der Waals surface area contributed by atoms with E-state index < -0.39 is 11.9 Å². The van der Waals surface area contributed by atoms with Crippen molar-refractivity contribution in [3.05, 3.63) is 44.5 Å². The Labute approximate surface area is 124 Å². The summed E-state index contributed by atoms with van der Waals surface area (Å²) < 4.78 is 15.0. The van der Waals surface area contributed by atoms with Gasteiger partial charge in [0.1, 0.15) is 12.3 Å². The number of nitrogens with one attached hydrogen (secondary N) is 1. The predicted molar refractivity (Wildman–Crippen MR) is 73.2 cm³/mol. The largest absolute Gasteiger partial charge is 0.369 e. The van der Waals surface area contributed by atoms with Crippen molar-refractivity contribution in [1.82, 2.24) is 24.5 Å². The Hall–Kier alpha value is -2.26. The lowest BCUT2D eigenvalue weighted by atomic mass is 10.2. The normalized spacial score (nSPS) is 27.2. The minimum atomic E-state index is -0.474. The van der Waals surface area contributed by atoms with Gasteiger partial charge in [-0.15, -0.1) is 5.10 Å². The molecular weight excluding hydrogens is 290 g/mol. The average Bonchev–Trinajstić information content (AvgIpc) is 3.06. The fraction of sp³-hybridized carbons (Fsp3) is 0.538. The highest BCUT2D eigenvalue weighted by Gasteiger charge is 2.39. The molecule has 1 fully saturated rings. The Morgan fingerprint density at radius 2 is 2.23 bits per heavy atom. The highest BCUT2D eigenvalue weighted by molar-refractivity contribution is 5.02. The quantitative estimate of drug-likeness (QED) is 0.749. The van der Waals surface area contributed by atoms with E-state index in [1.165, 1.54) is 10.8 Å². The van der Waals surface area contributed by atoms with Crippen molar-refractivity contribution in [1.29, 1.82) is 0 Å². The van der Waals surface area contributed by atoms with E-state index in [9.17, 15) is 9.59 Å². The van der Waals surface area contributed by atoms with E-state index in [0.717, 1.165) is 5.69 Å². The maximum Gasteiger partial charge on any atom is 0.330 e. The number of H-pyrrole nitrogens is 1. The summed E-state index contributed by atoms with van der Waals surface area (Å²) in [4.78, 5) is 25.7. The molecular formula is C13H15N5O4. The van der Waals surface area contributed by atoms with Crippen molar-refractivity contribution in [2.75, 3.05) is 0 Å². The van der Waals surface area contributed by atoms with Crippen LogP contribution >= 0.6 is 0 Å². The Kier molecular flexibility index (Phi) is 2.98. The zero-order chi connectivity index (χ0) is 15.3. The van der Waals surface area contributed by atoms with Gasteiger partial charge in [0, 0.05) is 18.2 Å². The van der Waals surface area contributed by atoms with E-state index in [1.807, 2.05) is 0 Å². The van der Waals surface area contributed by atoms with Crippen LogP contribution in [0.2, 0.25) is 0 Å². The Morgan fingerprint density at radius 1 is 1.36 bits per heavy atom. The van der Waals surface area contributed by atoms with Crippen molar-refractivity contribution in [2.24, 2.45) is 0 Å². The van der Waals surface area contributed by atoms with Gasteiger partial charge in [-0.2, -0.15) is 0 Å². The van der Waals surface area contributed by atoms with Crippen LogP contribution in [0.15, 0.2) is 22.0 Å². The molecule has 0 saturated carbocycles. The van der Waals surface area contributed by atoms with E-state index in [-0.39, 0.29) is 17.8 Å². The first-order valence-electron chi connectivity index (χ1n) is 7.08. The van der Waals surface area contributed by atoms with Gasteiger partial charge in [-0.05, 0) is 6.92 Å². The number of nitrogens with zero attached hydrogens (tertiary/aromatic N) is 4. The lowest BCUT2D eigenvalue weighted by Crippen LogP contribution is -2.33. The van der Waals surface area contributed by atoms with Gasteiger partial charge < -0.3 is 9.47 Å². The van der Waals surface area contributed by atoms with E-state index in [2.05, 4.69) is 15.3 Å². The van der Waals surface area contributed by atoms with Gasteiger partial charge >= 0.3 is 5.69 Å². The third-order valence-electron chi connectivity index (χ3n) is 4.13. The maximum absolute atomic E-state index is 12.0. The number of aryl methyl sites for hydroxylation is 1. The molecule has 2 aromatic rings. The van der Waals surface area contributed by atoms with Crippen LogP contribution in [0.5, 0.6) is 0 Å². The van der Waals surface area contributed by atoms with Crippen LogP contribution in [0.3, 0.4) is 0 Å². The van der Waals surface area contributed by atoms with Crippen LogP contribution in [-0.2, 0) is 22.6 Å². The van der Waals surface area contributed by atoms with Gasteiger partial charge in [0.15, 0.2) is 0 Å². The Morgan fingerprint density at radius 3 is 3.09 bits per heavy atom. The molecule has 0 unspecified atom stereocenters. The number of hydrogen-bond donors (Lipinski definition) is 1. The third kappa shape index (κ3) is 2.09. The summed E-state index contributed by atoms with van der Waals surface area (Å²) in [5.74, 6) is 0. The molecule has 2 aromatic heterocycles. The van der Waals surface area contributed by atoms with Gasteiger partial charge in [0.2, 0.25) is 0 Å². The topological polar surface area (TPSA) is 104 Å². The molecule has 116 valence electrons. The van der Waals surface area contributed by atoms with Gasteiger partial charge in [-0.1, -0.05) is 5.21 Å². The monoisotopic (exact) mass is 305 g/mol. The molecule has 0 bridgehead atoms. The zero-order valence-electron chi connectivity index (χ0n) is 11.9. The zero-order valence-corrected chi connectivity index (χ0v) is 11.9. The summed E-state index contributed by atoms with van der Waals surface area (Å²) in [6, 6.07) is 0. The van der Waals surface area contributed by atoms with Crippen LogP contribution in [-0.4, -0.2) is 36.8 Å². The molecule has 1 saturated heterocycles. The second-order valence-corrected chi connectivity index (χ2v) is 5.60. The van der Waals surface area contributed by atoms with Crippen molar-refractivity contribution >= 4 is 0 Å². The summed E-state index contributed by atoms with van der Waals surface area (Å²) in [5, 5.41) is 7.86. The molecule has 3 atom stereocenters. The lowest BCUT2D eigenvalue weighted by Gasteiger charge is -2.16. The van der Waals surface area contributed by atoms with Crippen LogP contribution < -0.4 is 11.2 Å². The predicted octanol–water partition coefficient (Wildman–Crippen LogP) is -0.677. The molecule has 1 N–H and O–H groups in total. The van der Waals surface area contributed by atoms with E-state index >= 15 is 0 Å². The van der Waals surface area contributed by atoms with Gasteiger partial charge in [0.05, 0.1) is 31.1 Å². The van der Waals surface area contributed by atoms with E-state index in [1.54, 1.807) is 17.8 Å². The molecule has 9 nitrogen and oxygen atoms in total.